The predicted molar refractivity (Wildman–Crippen MR) is 101 cm³/mol. The van der Waals surface area contributed by atoms with Crippen LogP contribution in [0.1, 0.15) is 50.9 Å². The maximum atomic E-state index is 4.82. The van der Waals surface area contributed by atoms with Gasteiger partial charge in [-0.1, -0.05) is 38.1 Å². The second-order valence-electron chi connectivity index (χ2n) is 6.80. The van der Waals surface area contributed by atoms with Crippen LogP contribution in [0, 0.1) is 0 Å². The molecule has 0 bridgehead atoms. The molecule has 3 rings (SSSR count). The molecule has 4 heteroatoms. The van der Waals surface area contributed by atoms with Crippen LogP contribution in [0.25, 0.3) is 0 Å². The Bertz CT molecular complexity index is 698. The molecule has 0 aliphatic carbocycles. The highest BCUT2D eigenvalue weighted by molar-refractivity contribution is 5.49. The minimum absolute atomic E-state index is 0.379. The lowest BCUT2D eigenvalue weighted by Crippen LogP contribution is -2.39. The molecule has 4 nitrogen and oxygen atoms in total. The van der Waals surface area contributed by atoms with Crippen LogP contribution in [0.4, 0.5) is 11.8 Å². The summed E-state index contributed by atoms with van der Waals surface area (Å²) in [6, 6.07) is 11.7. The SMILES string of the molecule is CCc1cc(N2Cc3ccccc3C[C@H]2C)nc(N[C@H](C)CC)n1. The van der Waals surface area contributed by atoms with Crippen LogP contribution in [0.15, 0.2) is 30.3 Å². The molecule has 2 heterocycles. The molecule has 0 fully saturated rings. The van der Waals surface area contributed by atoms with Crippen LogP contribution in [-0.2, 0) is 19.4 Å². The molecule has 0 unspecified atom stereocenters. The number of nitrogens with one attached hydrogen (secondary N) is 1. The van der Waals surface area contributed by atoms with E-state index in [-0.39, 0.29) is 0 Å². The van der Waals surface area contributed by atoms with E-state index < -0.39 is 0 Å². The molecule has 0 saturated heterocycles. The zero-order chi connectivity index (χ0) is 17.1. The van der Waals surface area contributed by atoms with E-state index in [1.807, 2.05) is 0 Å². The van der Waals surface area contributed by atoms with Crippen molar-refractivity contribution >= 4 is 11.8 Å². The molecule has 1 aromatic heterocycles. The molecule has 1 N–H and O–H groups in total. The average molecular weight is 324 g/mol. The van der Waals surface area contributed by atoms with Gasteiger partial charge < -0.3 is 10.2 Å². The van der Waals surface area contributed by atoms with E-state index in [4.69, 9.17) is 4.98 Å². The van der Waals surface area contributed by atoms with Gasteiger partial charge in [0, 0.05) is 30.4 Å². The number of fused-ring (bicyclic) bond motifs is 1. The molecule has 1 aliphatic rings. The van der Waals surface area contributed by atoms with E-state index >= 15 is 0 Å². The van der Waals surface area contributed by atoms with Crippen LogP contribution in [0.5, 0.6) is 0 Å². The van der Waals surface area contributed by atoms with Gasteiger partial charge in [0.2, 0.25) is 5.95 Å². The van der Waals surface area contributed by atoms with Gasteiger partial charge in [-0.15, -0.1) is 0 Å². The van der Waals surface area contributed by atoms with Crippen molar-refractivity contribution in [3.05, 3.63) is 47.2 Å². The van der Waals surface area contributed by atoms with Crippen LogP contribution in [0.2, 0.25) is 0 Å². The Morgan fingerprint density at radius 2 is 1.96 bits per heavy atom. The van der Waals surface area contributed by atoms with Crippen molar-refractivity contribution < 1.29 is 0 Å². The van der Waals surface area contributed by atoms with Gasteiger partial charge in [-0.3, -0.25) is 0 Å². The minimum atomic E-state index is 0.379. The summed E-state index contributed by atoms with van der Waals surface area (Å²) >= 11 is 0. The minimum Gasteiger partial charge on any atom is -0.352 e. The maximum absolute atomic E-state index is 4.82. The fraction of sp³-hybridized carbons (Fsp3) is 0.500. The lowest BCUT2D eigenvalue weighted by molar-refractivity contribution is 0.585. The summed E-state index contributed by atoms with van der Waals surface area (Å²) in [5.41, 5.74) is 3.96. The predicted octanol–water partition coefficient (Wildman–Crippen LogP) is 4.20. The number of aryl methyl sites for hydroxylation is 1. The molecule has 24 heavy (non-hydrogen) atoms. The first kappa shape index (κ1) is 16.7. The van der Waals surface area contributed by atoms with Gasteiger partial charge in [0.05, 0.1) is 0 Å². The van der Waals surface area contributed by atoms with Gasteiger partial charge in [0.25, 0.3) is 0 Å². The van der Waals surface area contributed by atoms with E-state index in [1.54, 1.807) is 0 Å². The smallest absolute Gasteiger partial charge is 0.225 e. The first-order valence-electron chi connectivity index (χ1n) is 9.08. The molecule has 0 saturated carbocycles. The molecule has 0 amide bonds. The Labute approximate surface area is 145 Å². The van der Waals surface area contributed by atoms with Gasteiger partial charge in [0.15, 0.2) is 0 Å². The second-order valence-corrected chi connectivity index (χ2v) is 6.80. The largest absolute Gasteiger partial charge is 0.352 e. The van der Waals surface area contributed by atoms with Crippen molar-refractivity contribution in [2.24, 2.45) is 0 Å². The molecule has 1 aromatic carbocycles. The zero-order valence-corrected chi connectivity index (χ0v) is 15.2. The topological polar surface area (TPSA) is 41.1 Å². The molecular formula is C20H28N4. The highest BCUT2D eigenvalue weighted by atomic mass is 15.3. The summed E-state index contributed by atoms with van der Waals surface area (Å²) in [6.07, 6.45) is 3.04. The Balaban J connectivity index is 1.92. The van der Waals surface area contributed by atoms with Crippen LogP contribution in [0.3, 0.4) is 0 Å². The third-order valence-corrected chi connectivity index (χ3v) is 4.92. The Morgan fingerprint density at radius 3 is 2.67 bits per heavy atom. The Hall–Kier alpha value is -2.10. The van der Waals surface area contributed by atoms with Crippen molar-refractivity contribution in [1.82, 2.24) is 9.97 Å². The quantitative estimate of drug-likeness (QED) is 0.895. The second kappa shape index (κ2) is 7.20. The summed E-state index contributed by atoms with van der Waals surface area (Å²) < 4.78 is 0. The van der Waals surface area contributed by atoms with Crippen molar-refractivity contribution in [2.45, 2.75) is 65.6 Å². The van der Waals surface area contributed by atoms with Gasteiger partial charge in [-0.25, -0.2) is 4.98 Å². The van der Waals surface area contributed by atoms with Crippen LogP contribution in [-0.4, -0.2) is 22.1 Å². The Kier molecular flexibility index (Phi) is 5.03. The number of nitrogens with zero attached hydrogens (tertiary/aromatic N) is 3. The molecule has 128 valence electrons. The summed E-state index contributed by atoms with van der Waals surface area (Å²) in [5.74, 6) is 1.79. The zero-order valence-electron chi connectivity index (χ0n) is 15.2. The van der Waals surface area contributed by atoms with Gasteiger partial charge in [-0.05, 0) is 44.2 Å². The lowest BCUT2D eigenvalue weighted by atomic mass is 9.95. The molecule has 0 radical (unpaired) electrons. The molecule has 2 aromatic rings. The number of anilines is 2. The van der Waals surface area contributed by atoms with Crippen LogP contribution < -0.4 is 10.2 Å². The normalized spacial score (nSPS) is 18.2. The fourth-order valence-electron chi connectivity index (χ4n) is 3.18. The number of hydrogen-bond donors (Lipinski definition) is 1. The third kappa shape index (κ3) is 3.53. The summed E-state index contributed by atoms with van der Waals surface area (Å²) in [5, 5.41) is 3.43. The number of benzene rings is 1. The van der Waals surface area contributed by atoms with E-state index in [0.29, 0.717) is 12.1 Å². The van der Waals surface area contributed by atoms with E-state index in [0.717, 1.165) is 43.3 Å². The number of rotatable bonds is 5. The van der Waals surface area contributed by atoms with Crippen molar-refractivity contribution in [2.75, 3.05) is 10.2 Å². The average Bonchev–Trinajstić information content (AvgIpc) is 2.60. The van der Waals surface area contributed by atoms with Gasteiger partial charge in [-0.2, -0.15) is 4.98 Å². The highest BCUT2D eigenvalue weighted by Crippen LogP contribution is 2.28. The number of aromatic nitrogens is 2. The van der Waals surface area contributed by atoms with E-state index in [1.165, 1.54) is 11.1 Å². The Morgan fingerprint density at radius 1 is 1.21 bits per heavy atom. The molecular weight excluding hydrogens is 296 g/mol. The van der Waals surface area contributed by atoms with Gasteiger partial charge in [0.1, 0.15) is 5.82 Å². The summed E-state index contributed by atoms with van der Waals surface area (Å²) in [6.45, 7) is 9.69. The van der Waals surface area contributed by atoms with Crippen molar-refractivity contribution in [3.8, 4) is 0 Å². The van der Waals surface area contributed by atoms with Crippen molar-refractivity contribution in [3.63, 3.8) is 0 Å². The molecule has 0 spiro atoms. The van der Waals surface area contributed by atoms with Crippen molar-refractivity contribution in [1.29, 1.82) is 0 Å². The standard InChI is InChI=1S/C20H28N4/c1-5-14(3)21-20-22-18(6-2)12-19(23-20)24-13-17-10-8-7-9-16(17)11-15(24)4/h7-10,12,14-15H,5-6,11,13H2,1-4H3,(H,21,22,23)/t14-,15-/m1/s1. The highest BCUT2D eigenvalue weighted by Gasteiger charge is 2.24. The first-order valence-corrected chi connectivity index (χ1v) is 9.08. The summed E-state index contributed by atoms with van der Waals surface area (Å²) in [4.78, 5) is 11.9. The fourth-order valence-corrected chi connectivity index (χ4v) is 3.18. The third-order valence-electron chi connectivity index (χ3n) is 4.92. The van der Waals surface area contributed by atoms with E-state index in [9.17, 15) is 0 Å². The first-order chi connectivity index (χ1) is 11.6. The molecule has 1 aliphatic heterocycles. The summed E-state index contributed by atoms with van der Waals surface area (Å²) in [7, 11) is 0. The number of hydrogen-bond acceptors (Lipinski definition) is 4. The molecule has 2 atom stereocenters. The van der Waals surface area contributed by atoms with Gasteiger partial charge >= 0.3 is 0 Å². The van der Waals surface area contributed by atoms with Crippen LogP contribution >= 0.6 is 0 Å². The monoisotopic (exact) mass is 324 g/mol. The lowest BCUT2D eigenvalue weighted by Gasteiger charge is -2.36. The van der Waals surface area contributed by atoms with E-state index in [2.05, 4.69) is 73.2 Å². The maximum Gasteiger partial charge on any atom is 0.225 e.